The lowest BCUT2D eigenvalue weighted by Gasteiger charge is -2.33. The van der Waals surface area contributed by atoms with Crippen LogP contribution in [0, 0.1) is 23.6 Å². The van der Waals surface area contributed by atoms with Crippen LogP contribution >= 0.6 is 0 Å². The van der Waals surface area contributed by atoms with E-state index < -0.39 is 53.6 Å². The van der Waals surface area contributed by atoms with Crippen molar-refractivity contribution in [1.29, 1.82) is 0 Å². The molecule has 3 atom stereocenters. The summed E-state index contributed by atoms with van der Waals surface area (Å²) in [4.78, 5) is 38.0. The average Bonchev–Trinajstić information content (AvgIpc) is 2.90. The maximum Gasteiger partial charge on any atom is 0.281 e. The van der Waals surface area contributed by atoms with Gasteiger partial charge in [-0.05, 0) is 37.0 Å². The first-order valence-electron chi connectivity index (χ1n) is 9.83. The summed E-state index contributed by atoms with van der Waals surface area (Å²) in [5.41, 5.74) is 3.03. The molecule has 3 amide bonds. The van der Waals surface area contributed by atoms with Crippen molar-refractivity contribution in [3.05, 3.63) is 42.1 Å². The van der Waals surface area contributed by atoms with Crippen LogP contribution < -0.4 is 11.1 Å². The van der Waals surface area contributed by atoms with Gasteiger partial charge in [0.2, 0.25) is 11.8 Å². The summed E-state index contributed by atoms with van der Waals surface area (Å²) in [6.45, 7) is 3.28. The summed E-state index contributed by atoms with van der Waals surface area (Å²) < 4.78 is 42.9. The van der Waals surface area contributed by atoms with Gasteiger partial charge in [-0.2, -0.15) is 0 Å². The van der Waals surface area contributed by atoms with Crippen LogP contribution in [-0.4, -0.2) is 58.9 Å². The van der Waals surface area contributed by atoms with Crippen LogP contribution in [0.3, 0.4) is 0 Å². The van der Waals surface area contributed by atoms with E-state index in [1.54, 1.807) is 19.9 Å². The molecule has 31 heavy (non-hydrogen) atoms. The number of amides is 3. The Morgan fingerprint density at radius 1 is 1.35 bits per heavy atom. The van der Waals surface area contributed by atoms with Crippen molar-refractivity contribution in [2.24, 2.45) is 17.1 Å². The monoisotopic (exact) mass is 442 g/mol. The minimum Gasteiger partial charge on any atom is -0.383 e. The molecule has 2 unspecified atom stereocenters. The maximum absolute atomic E-state index is 14.8. The number of alkyl halides is 2. The number of nitrogens with one attached hydrogen (secondary N) is 1. The van der Waals surface area contributed by atoms with Gasteiger partial charge in [-0.15, -0.1) is 0 Å². The molecule has 10 heteroatoms. The fourth-order valence-electron chi connectivity index (χ4n) is 3.49. The first kappa shape index (κ1) is 24.6. The fourth-order valence-corrected chi connectivity index (χ4v) is 3.49. The van der Waals surface area contributed by atoms with E-state index in [4.69, 9.17) is 5.73 Å². The third-order valence-corrected chi connectivity index (χ3v) is 5.43. The van der Waals surface area contributed by atoms with Gasteiger partial charge in [-0.25, -0.2) is 13.2 Å². The normalized spacial score (nSPS) is 23.6. The average molecular weight is 442 g/mol. The minimum atomic E-state index is -3.80. The van der Waals surface area contributed by atoms with Gasteiger partial charge >= 0.3 is 0 Å². The summed E-state index contributed by atoms with van der Waals surface area (Å²) in [5, 5.41) is 12.7. The van der Waals surface area contributed by atoms with E-state index in [-0.39, 0.29) is 18.9 Å². The molecule has 1 aliphatic heterocycles. The molecule has 0 aromatic heterocycles. The van der Waals surface area contributed by atoms with Crippen LogP contribution in [0.2, 0.25) is 0 Å². The number of carbonyl (C=O) groups is 3. The van der Waals surface area contributed by atoms with Gasteiger partial charge in [-0.3, -0.25) is 14.4 Å². The molecule has 4 N–H and O–H groups in total. The largest absolute Gasteiger partial charge is 0.383 e. The third-order valence-electron chi connectivity index (χ3n) is 5.43. The summed E-state index contributed by atoms with van der Waals surface area (Å²) >= 11 is 0. The molecule has 1 aromatic carbocycles. The Bertz CT molecular complexity index is 849. The smallest absolute Gasteiger partial charge is 0.281 e. The Labute approximate surface area is 178 Å². The Morgan fingerprint density at radius 3 is 2.55 bits per heavy atom. The van der Waals surface area contributed by atoms with E-state index in [1.165, 1.54) is 18.2 Å². The van der Waals surface area contributed by atoms with Gasteiger partial charge in [-0.1, -0.05) is 26.0 Å². The lowest BCUT2D eigenvalue weighted by molar-refractivity contribution is -0.154. The molecule has 1 fully saturated rings. The molecular formula is C21H27F3N3O4. The van der Waals surface area contributed by atoms with E-state index in [0.717, 1.165) is 13.3 Å². The topological polar surface area (TPSA) is 113 Å². The molecule has 1 aliphatic rings. The Kier molecular flexibility index (Phi) is 7.36. The van der Waals surface area contributed by atoms with E-state index >= 15 is 0 Å². The zero-order valence-electron chi connectivity index (χ0n) is 17.6. The molecule has 0 aliphatic carbocycles. The highest BCUT2D eigenvalue weighted by molar-refractivity contribution is 5.98. The van der Waals surface area contributed by atoms with Crippen molar-refractivity contribution in [2.75, 3.05) is 13.1 Å². The molecule has 1 aromatic rings. The van der Waals surface area contributed by atoms with Gasteiger partial charge < -0.3 is 21.1 Å². The molecular weight excluding hydrogens is 415 g/mol. The van der Waals surface area contributed by atoms with Crippen LogP contribution in [0.15, 0.2) is 24.3 Å². The number of hydrogen-bond donors (Lipinski definition) is 3. The molecule has 0 spiro atoms. The van der Waals surface area contributed by atoms with Crippen molar-refractivity contribution < 1.29 is 32.7 Å². The summed E-state index contributed by atoms with van der Waals surface area (Å²) in [6, 6.07) is 3.53. The number of likely N-dealkylation sites (tertiary alicyclic amines) is 1. The number of nitrogens with two attached hydrogens (primary N) is 1. The number of carbonyl (C=O) groups excluding carboxylic acids is 3. The Hall–Kier alpha value is -2.62. The van der Waals surface area contributed by atoms with Crippen molar-refractivity contribution >= 4 is 17.7 Å². The third kappa shape index (κ3) is 5.00. The van der Waals surface area contributed by atoms with Crippen molar-refractivity contribution in [3.8, 4) is 0 Å². The molecule has 171 valence electrons. The Balaban J connectivity index is 2.26. The highest BCUT2D eigenvalue weighted by Gasteiger charge is 2.70. The summed E-state index contributed by atoms with van der Waals surface area (Å²) in [5.74, 6) is -7.89. The van der Waals surface area contributed by atoms with Crippen LogP contribution in [0.4, 0.5) is 13.2 Å². The van der Waals surface area contributed by atoms with Gasteiger partial charge in [0.15, 0.2) is 0 Å². The van der Waals surface area contributed by atoms with Crippen LogP contribution in [0.25, 0.3) is 0 Å². The van der Waals surface area contributed by atoms with Crippen molar-refractivity contribution in [3.63, 3.8) is 0 Å². The Morgan fingerprint density at radius 2 is 2.00 bits per heavy atom. The molecule has 0 saturated carbocycles. The van der Waals surface area contributed by atoms with E-state index in [2.05, 4.69) is 5.32 Å². The van der Waals surface area contributed by atoms with Gasteiger partial charge in [0.1, 0.15) is 23.4 Å². The maximum atomic E-state index is 14.8. The molecule has 7 nitrogen and oxygen atoms in total. The van der Waals surface area contributed by atoms with Crippen molar-refractivity contribution in [1.82, 2.24) is 10.2 Å². The second kappa shape index (κ2) is 9.25. The van der Waals surface area contributed by atoms with E-state index in [1.807, 2.05) is 0 Å². The molecule has 0 bridgehead atoms. The summed E-state index contributed by atoms with van der Waals surface area (Å²) in [6.07, 6.45) is -0.764. The molecule has 1 saturated heterocycles. The number of aliphatic hydroxyl groups excluding tert-OH is 1. The predicted octanol–water partition coefficient (Wildman–Crippen LogP) is 1.04. The predicted molar refractivity (Wildman–Crippen MR) is 106 cm³/mol. The number of primary amides is 1. The first-order valence-corrected chi connectivity index (χ1v) is 9.83. The zero-order chi connectivity index (χ0) is 23.6. The quantitative estimate of drug-likeness (QED) is 0.558. The van der Waals surface area contributed by atoms with Crippen LogP contribution in [-0.2, 0) is 20.8 Å². The van der Waals surface area contributed by atoms with E-state index in [9.17, 15) is 32.7 Å². The van der Waals surface area contributed by atoms with Gasteiger partial charge in [0.25, 0.3) is 11.8 Å². The minimum absolute atomic E-state index is 0.0139. The van der Waals surface area contributed by atoms with Crippen LogP contribution in [0.5, 0.6) is 0 Å². The number of halogens is 3. The second-order valence-electron chi connectivity index (χ2n) is 8.29. The SMILES string of the molecule is CC(C)CNC(=O)C1N(C(=O)[C@@H](O)[CH]Cc2cccc(F)c2)CC(F)(F)C1(C)C(N)=O. The van der Waals surface area contributed by atoms with E-state index in [0.29, 0.717) is 10.5 Å². The number of hydrogen-bond acceptors (Lipinski definition) is 4. The van der Waals surface area contributed by atoms with Crippen LogP contribution in [0.1, 0.15) is 26.3 Å². The molecule has 1 heterocycles. The number of rotatable bonds is 8. The number of benzene rings is 1. The van der Waals surface area contributed by atoms with Gasteiger partial charge in [0, 0.05) is 13.0 Å². The fraction of sp³-hybridized carbons (Fsp3) is 0.524. The highest BCUT2D eigenvalue weighted by atomic mass is 19.3. The lowest BCUT2D eigenvalue weighted by Crippen LogP contribution is -2.59. The zero-order valence-corrected chi connectivity index (χ0v) is 17.6. The number of aliphatic hydroxyl groups is 1. The first-order chi connectivity index (χ1) is 14.3. The highest BCUT2D eigenvalue weighted by Crippen LogP contribution is 2.48. The molecule has 2 rings (SSSR count). The lowest BCUT2D eigenvalue weighted by atomic mass is 9.78. The number of nitrogens with zero attached hydrogens (tertiary/aromatic N) is 1. The standard InChI is InChI=1S/C21H27F3N3O4/c1-12(2)10-26-17(29)16-20(3,19(25)31)21(23,24)11-27(16)18(30)15(28)8-7-13-5-4-6-14(22)9-13/h4-6,8-9,12,15-16,28H,7,10-11H2,1-3H3,(H2,25,31)(H,26,29)/t15-,16?,20?/m0/s1. The second-order valence-corrected chi connectivity index (χ2v) is 8.29. The summed E-state index contributed by atoms with van der Waals surface area (Å²) in [7, 11) is 0. The van der Waals surface area contributed by atoms with Gasteiger partial charge in [0.05, 0.1) is 6.54 Å². The molecule has 1 radical (unpaired) electrons. The van der Waals surface area contributed by atoms with Crippen molar-refractivity contribution in [2.45, 2.75) is 45.3 Å².